The minimum Gasteiger partial charge on any atom is -0.478 e. The molecule has 12 nitrogen and oxygen atoms in total. The van der Waals surface area contributed by atoms with Crippen LogP contribution in [0.2, 0.25) is 0 Å². The lowest BCUT2D eigenvalue weighted by Gasteiger charge is -1.74. The number of rotatable bonds is 2. The van der Waals surface area contributed by atoms with Crippen LogP contribution in [0.25, 0.3) is 0 Å². The van der Waals surface area contributed by atoms with E-state index in [1.807, 2.05) is 0 Å². The van der Waals surface area contributed by atoms with Gasteiger partial charge in [-0.25, -0.2) is 28.8 Å². The highest BCUT2D eigenvalue weighted by molar-refractivity contribution is 6.27. The van der Waals surface area contributed by atoms with Gasteiger partial charge in [-0.05, 0) is 0 Å². The van der Waals surface area contributed by atoms with Crippen LogP contribution in [0.15, 0.2) is 12.2 Å². The molecule has 6 N–H and O–H groups in total. The molecule has 20 heavy (non-hydrogen) atoms. The third-order valence-electron chi connectivity index (χ3n) is 0.734. The van der Waals surface area contributed by atoms with Gasteiger partial charge in [-0.3, -0.25) is 0 Å². The van der Waals surface area contributed by atoms with E-state index in [-0.39, 0.29) is 0 Å². The molecule has 0 radical (unpaired) electrons. The van der Waals surface area contributed by atoms with Gasteiger partial charge in [-0.2, -0.15) is 0 Å². The molecule has 0 rings (SSSR count). The highest BCUT2D eigenvalue weighted by Crippen LogP contribution is 1.70. The summed E-state index contributed by atoms with van der Waals surface area (Å²) in [5.41, 5.74) is 0. The number of aliphatic carboxylic acids is 6. The zero-order valence-corrected chi connectivity index (χ0v) is 9.29. The summed E-state index contributed by atoms with van der Waals surface area (Å²) in [4.78, 5) is 55.5. The maximum atomic E-state index is 9.55. The van der Waals surface area contributed by atoms with Gasteiger partial charge in [0.2, 0.25) is 0 Å². The fraction of sp³-hybridized carbons (Fsp3) is 0. The van der Waals surface area contributed by atoms with E-state index in [0.717, 1.165) is 0 Å². The Morgan fingerprint density at radius 2 is 0.600 bits per heavy atom. The van der Waals surface area contributed by atoms with Crippen molar-refractivity contribution in [2.45, 2.75) is 0 Å². The van der Waals surface area contributed by atoms with Gasteiger partial charge in [-0.15, -0.1) is 0 Å². The van der Waals surface area contributed by atoms with Crippen LogP contribution in [0, 0.1) is 0 Å². The molecule has 0 saturated heterocycles. The molecule has 0 aliphatic carbocycles. The first kappa shape index (κ1) is 21.8. The van der Waals surface area contributed by atoms with Crippen molar-refractivity contribution < 1.29 is 59.4 Å². The molecule has 112 valence electrons. The van der Waals surface area contributed by atoms with E-state index in [4.69, 9.17) is 49.8 Å². The van der Waals surface area contributed by atoms with Gasteiger partial charge >= 0.3 is 35.8 Å². The van der Waals surface area contributed by atoms with Crippen LogP contribution >= 0.6 is 0 Å². The van der Waals surface area contributed by atoms with Crippen LogP contribution in [0.5, 0.6) is 0 Å². The summed E-state index contributed by atoms with van der Waals surface area (Å²) in [7, 11) is 0. The SMILES string of the molecule is O=C(O)/C=C\C(=O)O.O=C(O)C(=O)O.O=C(O)C(=O)O. The summed E-state index contributed by atoms with van der Waals surface area (Å²) in [6, 6.07) is 0. The minimum atomic E-state index is -1.82. The van der Waals surface area contributed by atoms with Crippen molar-refractivity contribution in [3.8, 4) is 0 Å². The summed E-state index contributed by atoms with van der Waals surface area (Å²) >= 11 is 0. The quantitative estimate of drug-likeness (QED) is 0.241. The van der Waals surface area contributed by atoms with Gasteiger partial charge < -0.3 is 30.6 Å². The molecule has 0 aromatic heterocycles. The zero-order valence-electron chi connectivity index (χ0n) is 9.29. The zero-order chi connectivity index (χ0) is 16.9. The summed E-state index contributed by atoms with van der Waals surface area (Å²) in [6.07, 6.45) is 1.12. The van der Waals surface area contributed by atoms with Gasteiger partial charge in [0, 0.05) is 12.2 Å². The van der Waals surface area contributed by atoms with Crippen LogP contribution in [0.3, 0.4) is 0 Å². The lowest BCUT2D eigenvalue weighted by Crippen LogP contribution is -2.09. The molecular formula is C8H8O12. The summed E-state index contributed by atoms with van der Waals surface area (Å²) < 4.78 is 0. The van der Waals surface area contributed by atoms with Crippen molar-refractivity contribution in [3.63, 3.8) is 0 Å². The fourth-order valence-electron chi connectivity index (χ4n) is 0.143. The molecule has 0 heterocycles. The van der Waals surface area contributed by atoms with Crippen LogP contribution in [0.4, 0.5) is 0 Å². The Kier molecular flexibility index (Phi) is 13.1. The van der Waals surface area contributed by atoms with Crippen LogP contribution < -0.4 is 0 Å². The third-order valence-corrected chi connectivity index (χ3v) is 0.734. The van der Waals surface area contributed by atoms with E-state index >= 15 is 0 Å². The van der Waals surface area contributed by atoms with Gasteiger partial charge in [0.15, 0.2) is 0 Å². The topological polar surface area (TPSA) is 224 Å². The molecule has 0 spiro atoms. The second-order valence-corrected chi connectivity index (χ2v) is 2.23. The average Bonchev–Trinajstić information content (AvgIpc) is 2.27. The first-order valence-electron chi connectivity index (χ1n) is 3.98. The third kappa shape index (κ3) is 29.3. The highest BCUT2D eigenvalue weighted by atomic mass is 16.4. The smallest absolute Gasteiger partial charge is 0.414 e. The predicted octanol–water partition coefficient (Wildman–Crippen LogP) is -1.98. The van der Waals surface area contributed by atoms with E-state index in [9.17, 15) is 9.59 Å². The summed E-state index contributed by atoms with van der Waals surface area (Å²) in [6.45, 7) is 0. The fourth-order valence-corrected chi connectivity index (χ4v) is 0.143. The van der Waals surface area contributed by atoms with E-state index < -0.39 is 35.8 Å². The van der Waals surface area contributed by atoms with Crippen LogP contribution in [0.1, 0.15) is 0 Å². The Balaban J connectivity index is -0.000000221. The molecule has 0 aromatic rings. The summed E-state index contributed by atoms with van der Waals surface area (Å²) in [5.74, 6) is -9.81. The Labute approximate surface area is 108 Å². The Hall–Kier alpha value is -3.44. The number of carboxylic acids is 6. The van der Waals surface area contributed by atoms with Crippen LogP contribution in [-0.2, 0) is 28.8 Å². The molecule has 0 aliphatic rings. The Bertz CT molecular complexity index is 367. The molecule has 0 aromatic carbocycles. The standard InChI is InChI=1S/C4H4O4.2C2H2O4/c5-3(6)1-2-4(7)8;2*3-1(4)2(5)6/h1-2H,(H,5,6)(H,7,8);2*(H,3,4)(H,5,6)/b2-1-;;. The van der Waals surface area contributed by atoms with Crippen LogP contribution in [-0.4, -0.2) is 66.5 Å². The van der Waals surface area contributed by atoms with Crippen molar-refractivity contribution in [1.82, 2.24) is 0 Å². The van der Waals surface area contributed by atoms with E-state index in [0.29, 0.717) is 12.2 Å². The predicted molar refractivity (Wildman–Crippen MR) is 55.0 cm³/mol. The van der Waals surface area contributed by atoms with E-state index in [1.165, 1.54) is 0 Å². The Morgan fingerprint density at radius 1 is 0.450 bits per heavy atom. The molecule has 0 fully saturated rings. The maximum Gasteiger partial charge on any atom is 0.414 e. The van der Waals surface area contributed by atoms with E-state index in [2.05, 4.69) is 0 Å². The number of carboxylic acid groups (broad SMARTS) is 6. The number of hydrogen-bond donors (Lipinski definition) is 6. The first-order valence-corrected chi connectivity index (χ1v) is 3.98. The lowest BCUT2D eigenvalue weighted by atomic mass is 10.5. The number of hydrogen-bond acceptors (Lipinski definition) is 6. The average molecular weight is 296 g/mol. The summed E-state index contributed by atoms with van der Waals surface area (Å²) in [5, 5.41) is 45.2. The van der Waals surface area contributed by atoms with Gasteiger partial charge in [-0.1, -0.05) is 0 Å². The molecule has 0 aliphatic heterocycles. The normalized spacial score (nSPS) is 8.20. The first-order chi connectivity index (χ1) is 8.91. The molecule has 0 unspecified atom stereocenters. The lowest BCUT2D eigenvalue weighted by molar-refractivity contribution is -0.159. The van der Waals surface area contributed by atoms with Gasteiger partial charge in [0.25, 0.3) is 0 Å². The maximum absolute atomic E-state index is 9.55. The number of carbonyl (C=O) groups is 6. The minimum absolute atomic E-state index is 0.558. The largest absolute Gasteiger partial charge is 0.478 e. The van der Waals surface area contributed by atoms with Crippen molar-refractivity contribution in [1.29, 1.82) is 0 Å². The molecule has 12 heteroatoms. The van der Waals surface area contributed by atoms with E-state index in [1.54, 1.807) is 0 Å². The highest BCUT2D eigenvalue weighted by Gasteiger charge is 2.04. The Morgan fingerprint density at radius 3 is 0.650 bits per heavy atom. The molecule has 0 saturated carbocycles. The van der Waals surface area contributed by atoms with Gasteiger partial charge in [0.05, 0.1) is 0 Å². The monoisotopic (exact) mass is 296 g/mol. The molecular weight excluding hydrogens is 288 g/mol. The van der Waals surface area contributed by atoms with Crippen molar-refractivity contribution in [3.05, 3.63) is 12.2 Å². The second-order valence-electron chi connectivity index (χ2n) is 2.23. The molecule has 0 atom stereocenters. The second kappa shape index (κ2) is 12.0. The molecule has 0 amide bonds. The van der Waals surface area contributed by atoms with Crippen molar-refractivity contribution in [2.24, 2.45) is 0 Å². The molecule has 0 bridgehead atoms. The van der Waals surface area contributed by atoms with Gasteiger partial charge in [0.1, 0.15) is 0 Å². The van der Waals surface area contributed by atoms with Crippen molar-refractivity contribution in [2.75, 3.05) is 0 Å². The van der Waals surface area contributed by atoms with Crippen molar-refractivity contribution >= 4 is 35.8 Å².